The van der Waals surface area contributed by atoms with Crippen molar-refractivity contribution in [1.82, 2.24) is 9.55 Å². The normalized spacial score (nSPS) is 19.8. The van der Waals surface area contributed by atoms with Crippen LogP contribution in [0.1, 0.15) is 46.0 Å². The molecule has 2 heterocycles. The molecule has 1 aromatic carbocycles. The number of aryl methyl sites for hydroxylation is 2. The number of nitrogens with zero attached hydrogens (tertiary/aromatic N) is 2. The van der Waals surface area contributed by atoms with Gasteiger partial charge >= 0.3 is 13.3 Å². The highest BCUT2D eigenvalue weighted by Gasteiger charge is 2.53. The summed E-state index contributed by atoms with van der Waals surface area (Å²) in [6.45, 7) is 9.17. The van der Waals surface area contributed by atoms with E-state index in [0.717, 1.165) is 11.9 Å². The first kappa shape index (κ1) is 18.3. The summed E-state index contributed by atoms with van der Waals surface area (Å²) >= 11 is 0. The zero-order valence-electron chi connectivity index (χ0n) is 15.3. The summed E-state index contributed by atoms with van der Waals surface area (Å²) in [5.41, 5.74) is -1.24. The third-order valence-corrected chi connectivity index (χ3v) is 5.27. The average molecular weight is 354 g/mol. The second kappa shape index (κ2) is 5.48. The molecule has 25 heavy (non-hydrogen) atoms. The second-order valence-electron chi connectivity index (χ2n) is 7.45. The number of alkyl halides is 3. The first-order valence-corrected chi connectivity index (χ1v) is 8.29. The van der Waals surface area contributed by atoms with E-state index in [1.807, 2.05) is 34.6 Å². The Kier molecular flexibility index (Phi) is 4.00. The van der Waals surface area contributed by atoms with Crippen LogP contribution in [0.15, 0.2) is 12.1 Å². The van der Waals surface area contributed by atoms with E-state index in [-0.39, 0.29) is 5.46 Å². The van der Waals surface area contributed by atoms with Crippen molar-refractivity contribution in [2.75, 3.05) is 0 Å². The molecular formula is C17H22BF3N2O2. The molecule has 0 spiro atoms. The maximum Gasteiger partial charge on any atom is 0.495 e. The summed E-state index contributed by atoms with van der Waals surface area (Å²) in [6, 6.07) is 2.58. The third-order valence-electron chi connectivity index (χ3n) is 5.27. The predicted octanol–water partition coefficient (Wildman–Crippen LogP) is 3.45. The largest absolute Gasteiger partial charge is 0.495 e. The molecular weight excluding hydrogens is 332 g/mol. The van der Waals surface area contributed by atoms with Crippen molar-refractivity contribution in [2.45, 2.75) is 58.4 Å². The minimum absolute atomic E-state index is 0.0283. The van der Waals surface area contributed by atoms with Gasteiger partial charge in [-0.2, -0.15) is 13.2 Å². The zero-order chi connectivity index (χ0) is 18.8. The second-order valence-corrected chi connectivity index (χ2v) is 7.45. The lowest BCUT2D eigenvalue weighted by Crippen LogP contribution is -2.41. The standard InChI is InChI=1S/C17H22BF3N2O2/c1-7-14-22-12-9-11(18-24-15(2,3)16(4,5)25-18)10(17(19,20)21)8-13(12)23(14)6/h8-9H,7H2,1-6H3. The molecule has 0 bridgehead atoms. The Hall–Kier alpha value is -1.54. The maximum atomic E-state index is 13.7. The number of fused-ring (bicyclic) bond motifs is 1. The minimum atomic E-state index is -4.51. The van der Waals surface area contributed by atoms with E-state index in [1.54, 1.807) is 11.6 Å². The van der Waals surface area contributed by atoms with Gasteiger partial charge in [-0.05, 0) is 45.3 Å². The van der Waals surface area contributed by atoms with Crippen molar-refractivity contribution in [3.63, 3.8) is 0 Å². The van der Waals surface area contributed by atoms with E-state index >= 15 is 0 Å². The van der Waals surface area contributed by atoms with Crippen molar-refractivity contribution >= 4 is 23.6 Å². The Labute approximate surface area is 145 Å². The molecule has 0 saturated carbocycles. The van der Waals surface area contributed by atoms with Gasteiger partial charge < -0.3 is 13.9 Å². The lowest BCUT2D eigenvalue weighted by atomic mass is 9.75. The molecule has 136 valence electrons. The number of imidazole rings is 1. The van der Waals surface area contributed by atoms with E-state index in [9.17, 15) is 13.2 Å². The quantitative estimate of drug-likeness (QED) is 0.775. The van der Waals surface area contributed by atoms with Gasteiger partial charge in [-0.3, -0.25) is 0 Å². The van der Waals surface area contributed by atoms with Gasteiger partial charge in [-0.1, -0.05) is 6.92 Å². The molecule has 1 aromatic heterocycles. The Morgan fingerprint density at radius 2 is 1.68 bits per heavy atom. The summed E-state index contributed by atoms with van der Waals surface area (Å²) in [5, 5.41) is 0. The van der Waals surface area contributed by atoms with Gasteiger partial charge in [0.2, 0.25) is 0 Å². The fourth-order valence-corrected chi connectivity index (χ4v) is 3.03. The van der Waals surface area contributed by atoms with Crippen LogP contribution in [0.5, 0.6) is 0 Å². The Balaban J connectivity index is 2.20. The molecule has 1 saturated heterocycles. The topological polar surface area (TPSA) is 36.3 Å². The van der Waals surface area contributed by atoms with Gasteiger partial charge in [-0.25, -0.2) is 4.98 Å². The van der Waals surface area contributed by atoms with Crippen LogP contribution in [0.25, 0.3) is 11.0 Å². The van der Waals surface area contributed by atoms with E-state index in [4.69, 9.17) is 9.31 Å². The van der Waals surface area contributed by atoms with Gasteiger partial charge in [0.05, 0.1) is 27.8 Å². The third kappa shape index (κ3) is 2.85. The highest BCUT2D eigenvalue weighted by Crippen LogP contribution is 2.38. The molecule has 0 unspecified atom stereocenters. The molecule has 4 nitrogen and oxygen atoms in total. The van der Waals surface area contributed by atoms with Crippen LogP contribution in [0, 0.1) is 0 Å². The van der Waals surface area contributed by atoms with Crippen LogP contribution < -0.4 is 5.46 Å². The van der Waals surface area contributed by atoms with Gasteiger partial charge in [-0.15, -0.1) is 0 Å². The van der Waals surface area contributed by atoms with Crippen molar-refractivity contribution in [3.05, 3.63) is 23.5 Å². The number of rotatable bonds is 2. The van der Waals surface area contributed by atoms with Crippen molar-refractivity contribution in [1.29, 1.82) is 0 Å². The summed E-state index contributed by atoms with van der Waals surface area (Å²) in [4.78, 5) is 4.44. The molecule has 8 heteroatoms. The van der Waals surface area contributed by atoms with Crippen molar-refractivity contribution in [3.8, 4) is 0 Å². The average Bonchev–Trinajstić information content (AvgIpc) is 2.90. The van der Waals surface area contributed by atoms with Gasteiger partial charge in [0.15, 0.2) is 0 Å². The molecule has 0 atom stereocenters. The van der Waals surface area contributed by atoms with Crippen LogP contribution in [0.3, 0.4) is 0 Å². The lowest BCUT2D eigenvalue weighted by Gasteiger charge is -2.32. The number of hydrogen-bond acceptors (Lipinski definition) is 3. The lowest BCUT2D eigenvalue weighted by molar-refractivity contribution is -0.136. The molecule has 0 aliphatic carbocycles. The van der Waals surface area contributed by atoms with Gasteiger partial charge in [0.1, 0.15) is 5.82 Å². The fraction of sp³-hybridized carbons (Fsp3) is 0.588. The Bertz CT molecular complexity index is 811. The van der Waals surface area contributed by atoms with Crippen LogP contribution in [0.2, 0.25) is 0 Å². The van der Waals surface area contributed by atoms with Gasteiger partial charge in [0.25, 0.3) is 0 Å². The van der Waals surface area contributed by atoms with E-state index in [1.165, 1.54) is 6.07 Å². The smallest absolute Gasteiger partial charge is 0.399 e. The summed E-state index contributed by atoms with van der Waals surface area (Å²) in [6.07, 6.45) is -3.87. The summed E-state index contributed by atoms with van der Waals surface area (Å²) in [5.74, 6) is 0.731. The SMILES string of the molecule is CCc1nc2cc(B3OC(C)(C)C(C)(C)O3)c(C(F)(F)F)cc2n1C. The first-order valence-electron chi connectivity index (χ1n) is 8.29. The summed E-state index contributed by atoms with van der Waals surface area (Å²) in [7, 11) is 0.640. The molecule has 0 N–H and O–H groups in total. The zero-order valence-corrected chi connectivity index (χ0v) is 15.3. The minimum Gasteiger partial charge on any atom is -0.399 e. The van der Waals surface area contributed by atoms with E-state index in [2.05, 4.69) is 4.98 Å². The fourth-order valence-electron chi connectivity index (χ4n) is 3.03. The highest BCUT2D eigenvalue weighted by atomic mass is 19.4. The molecule has 1 fully saturated rings. The van der Waals surface area contributed by atoms with Crippen LogP contribution in [-0.2, 0) is 29.0 Å². The van der Waals surface area contributed by atoms with Gasteiger partial charge in [0, 0.05) is 13.5 Å². The number of hydrogen-bond donors (Lipinski definition) is 0. The molecule has 1 aliphatic rings. The summed E-state index contributed by atoms with van der Waals surface area (Å²) < 4.78 is 54.5. The van der Waals surface area contributed by atoms with Crippen molar-refractivity contribution in [2.24, 2.45) is 7.05 Å². The van der Waals surface area contributed by atoms with Crippen LogP contribution in [-0.4, -0.2) is 27.9 Å². The van der Waals surface area contributed by atoms with E-state index < -0.39 is 30.1 Å². The molecule has 1 aliphatic heterocycles. The Morgan fingerprint density at radius 3 is 2.16 bits per heavy atom. The monoisotopic (exact) mass is 354 g/mol. The van der Waals surface area contributed by atoms with Crippen molar-refractivity contribution < 1.29 is 22.5 Å². The predicted molar refractivity (Wildman–Crippen MR) is 90.8 cm³/mol. The Morgan fingerprint density at radius 1 is 1.12 bits per heavy atom. The number of aromatic nitrogens is 2. The molecule has 3 rings (SSSR count). The molecule has 0 radical (unpaired) electrons. The van der Waals surface area contributed by atoms with Crippen LogP contribution >= 0.6 is 0 Å². The van der Waals surface area contributed by atoms with Crippen LogP contribution in [0.4, 0.5) is 13.2 Å². The molecule has 0 amide bonds. The maximum absolute atomic E-state index is 13.7. The molecule has 2 aromatic rings. The number of benzene rings is 1. The number of halogens is 3. The highest BCUT2D eigenvalue weighted by molar-refractivity contribution is 6.63. The van der Waals surface area contributed by atoms with E-state index in [0.29, 0.717) is 17.5 Å². The first-order chi connectivity index (χ1) is 11.4.